The Kier molecular flexibility index (Phi) is 6.32. The number of nitrogens with zero attached hydrogens (tertiary/aromatic N) is 1. The monoisotopic (exact) mass is 384 g/mol. The lowest BCUT2D eigenvalue weighted by molar-refractivity contribution is -0.116. The zero-order valence-corrected chi connectivity index (χ0v) is 17.2. The SMILES string of the molecule is CCCN(CC(=O)Nc1ccccc1C)C(=O)c1cc2c(s1)CCC(C)C2. The number of carbonyl (C=O) groups is 2. The van der Waals surface area contributed by atoms with E-state index in [9.17, 15) is 9.59 Å². The number of para-hydroxylation sites is 1. The van der Waals surface area contributed by atoms with E-state index in [0.717, 1.165) is 35.4 Å². The maximum atomic E-state index is 13.0. The summed E-state index contributed by atoms with van der Waals surface area (Å²) in [6, 6.07) is 9.74. The van der Waals surface area contributed by atoms with Gasteiger partial charge in [0.05, 0.1) is 4.88 Å². The van der Waals surface area contributed by atoms with Gasteiger partial charge in [0.15, 0.2) is 0 Å². The number of nitrogens with one attached hydrogen (secondary N) is 1. The lowest BCUT2D eigenvalue weighted by Crippen LogP contribution is -2.38. The predicted molar refractivity (Wildman–Crippen MR) is 112 cm³/mol. The largest absolute Gasteiger partial charge is 0.329 e. The van der Waals surface area contributed by atoms with Crippen molar-refractivity contribution in [2.75, 3.05) is 18.4 Å². The minimum Gasteiger partial charge on any atom is -0.329 e. The molecule has 1 N–H and O–H groups in total. The summed E-state index contributed by atoms with van der Waals surface area (Å²) in [5.74, 6) is 0.506. The second-order valence-corrected chi connectivity index (χ2v) is 8.63. The van der Waals surface area contributed by atoms with Crippen LogP contribution in [0.5, 0.6) is 0 Å². The molecule has 0 fully saturated rings. The maximum absolute atomic E-state index is 13.0. The molecule has 2 amide bonds. The zero-order chi connectivity index (χ0) is 19.4. The molecule has 4 nitrogen and oxygen atoms in total. The summed E-state index contributed by atoms with van der Waals surface area (Å²) in [4.78, 5) is 29.4. The number of anilines is 1. The Morgan fingerprint density at radius 1 is 1.30 bits per heavy atom. The van der Waals surface area contributed by atoms with E-state index in [1.165, 1.54) is 16.9 Å². The molecule has 5 heteroatoms. The average Bonchev–Trinajstić information content (AvgIpc) is 3.05. The Morgan fingerprint density at radius 3 is 2.81 bits per heavy atom. The van der Waals surface area contributed by atoms with E-state index in [1.54, 1.807) is 16.2 Å². The van der Waals surface area contributed by atoms with Gasteiger partial charge < -0.3 is 10.2 Å². The van der Waals surface area contributed by atoms with Crippen molar-refractivity contribution in [1.82, 2.24) is 4.90 Å². The van der Waals surface area contributed by atoms with Gasteiger partial charge >= 0.3 is 0 Å². The van der Waals surface area contributed by atoms with Gasteiger partial charge in [0, 0.05) is 17.1 Å². The molecule has 0 saturated carbocycles. The molecule has 1 heterocycles. The van der Waals surface area contributed by atoms with Gasteiger partial charge in [-0.3, -0.25) is 9.59 Å². The highest BCUT2D eigenvalue weighted by Crippen LogP contribution is 2.32. The van der Waals surface area contributed by atoms with Gasteiger partial charge in [-0.1, -0.05) is 32.0 Å². The van der Waals surface area contributed by atoms with E-state index in [2.05, 4.69) is 18.3 Å². The van der Waals surface area contributed by atoms with Gasteiger partial charge in [-0.2, -0.15) is 0 Å². The molecule has 27 heavy (non-hydrogen) atoms. The predicted octanol–water partition coefficient (Wildman–Crippen LogP) is 4.67. The molecule has 1 unspecified atom stereocenters. The van der Waals surface area contributed by atoms with E-state index in [-0.39, 0.29) is 18.4 Å². The highest BCUT2D eigenvalue weighted by molar-refractivity contribution is 7.14. The maximum Gasteiger partial charge on any atom is 0.264 e. The van der Waals surface area contributed by atoms with Gasteiger partial charge in [-0.15, -0.1) is 11.3 Å². The minimum absolute atomic E-state index is 0.0242. The topological polar surface area (TPSA) is 49.4 Å². The average molecular weight is 385 g/mol. The second kappa shape index (κ2) is 8.70. The summed E-state index contributed by atoms with van der Waals surface area (Å²) in [6.45, 7) is 6.92. The van der Waals surface area contributed by atoms with E-state index in [0.29, 0.717) is 12.5 Å². The molecule has 0 saturated heterocycles. The fraction of sp³-hybridized carbons (Fsp3) is 0.455. The van der Waals surface area contributed by atoms with Gasteiger partial charge in [-0.25, -0.2) is 0 Å². The molecule has 144 valence electrons. The number of benzene rings is 1. The quantitative estimate of drug-likeness (QED) is 0.787. The first-order valence-corrected chi connectivity index (χ1v) is 10.6. The van der Waals surface area contributed by atoms with Crippen LogP contribution < -0.4 is 5.32 Å². The highest BCUT2D eigenvalue weighted by Gasteiger charge is 2.24. The van der Waals surface area contributed by atoms with Crippen molar-refractivity contribution in [1.29, 1.82) is 0 Å². The van der Waals surface area contributed by atoms with Crippen molar-refractivity contribution >= 4 is 28.8 Å². The number of fused-ring (bicyclic) bond motifs is 1. The van der Waals surface area contributed by atoms with Crippen LogP contribution in [0.2, 0.25) is 0 Å². The zero-order valence-electron chi connectivity index (χ0n) is 16.4. The van der Waals surface area contributed by atoms with Crippen LogP contribution in [0.4, 0.5) is 5.69 Å². The fourth-order valence-electron chi connectivity index (χ4n) is 3.57. The third-order valence-corrected chi connectivity index (χ3v) is 6.30. The van der Waals surface area contributed by atoms with E-state index >= 15 is 0 Å². The van der Waals surface area contributed by atoms with Crippen molar-refractivity contribution in [3.05, 3.63) is 51.2 Å². The molecule has 1 atom stereocenters. The molecule has 1 aliphatic carbocycles. The molecule has 3 rings (SSSR count). The normalized spacial score (nSPS) is 15.9. The molecule has 0 bridgehead atoms. The smallest absolute Gasteiger partial charge is 0.264 e. The molecular weight excluding hydrogens is 356 g/mol. The fourth-order valence-corrected chi connectivity index (χ4v) is 4.74. The van der Waals surface area contributed by atoms with Crippen molar-refractivity contribution in [3.63, 3.8) is 0 Å². The number of hydrogen-bond donors (Lipinski definition) is 1. The lowest BCUT2D eigenvalue weighted by atomic mass is 9.90. The Bertz CT molecular complexity index is 827. The highest BCUT2D eigenvalue weighted by atomic mass is 32.1. The van der Waals surface area contributed by atoms with Crippen LogP contribution in [0.3, 0.4) is 0 Å². The number of hydrogen-bond acceptors (Lipinski definition) is 3. The van der Waals surface area contributed by atoms with Gasteiger partial charge in [0.1, 0.15) is 6.54 Å². The Labute approximate surface area is 165 Å². The van der Waals surface area contributed by atoms with Crippen LogP contribution in [0.25, 0.3) is 0 Å². The summed E-state index contributed by atoms with van der Waals surface area (Å²) in [5.41, 5.74) is 3.13. The molecule has 0 aliphatic heterocycles. The van der Waals surface area contributed by atoms with Gasteiger partial charge in [0.25, 0.3) is 5.91 Å². The van der Waals surface area contributed by atoms with E-state index in [1.807, 2.05) is 38.1 Å². The first-order valence-electron chi connectivity index (χ1n) is 9.74. The van der Waals surface area contributed by atoms with E-state index in [4.69, 9.17) is 0 Å². The van der Waals surface area contributed by atoms with Crippen LogP contribution in [0.1, 0.15) is 52.4 Å². The standard InChI is InChI=1S/C22H28N2O2S/c1-4-11-24(14-21(25)23-18-8-6-5-7-16(18)3)22(26)20-13-17-12-15(2)9-10-19(17)27-20/h5-8,13,15H,4,9-12,14H2,1-3H3,(H,23,25). The summed E-state index contributed by atoms with van der Waals surface area (Å²) < 4.78 is 0. The summed E-state index contributed by atoms with van der Waals surface area (Å²) in [7, 11) is 0. The van der Waals surface area contributed by atoms with Gasteiger partial charge in [-0.05, 0) is 61.8 Å². The van der Waals surface area contributed by atoms with E-state index < -0.39 is 0 Å². The molecule has 0 spiro atoms. The Balaban J connectivity index is 1.70. The lowest BCUT2D eigenvalue weighted by Gasteiger charge is -2.21. The molecular formula is C22H28N2O2S. The molecule has 1 aliphatic rings. The number of amides is 2. The van der Waals surface area contributed by atoms with Crippen LogP contribution in [0.15, 0.2) is 30.3 Å². The van der Waals surface area contributed by atoms with Crippen molar-refractivity contribution in [3.8, 4) is 0 Å². The van der Waals surface area contributed by atoms with Crippen LogP contribution in [-0.4, -0.2) is 29.8 Å². The number of thiophene rings is 1. The Hall–Kier alpha value is -2.14. The van der Waals surface area contributed by atoms with Crippen molar-refractivity contribution in [2.24, 2.45) is 5.92 Å². The van der Waals surface area contributed by atoms with Crippen molar-refractivity contribution < 1.29 is 9.59 Å². The molecule has 1 aromatic carbocycles. The number of rotatable bonds is 6. The summed E-state index contributed by atoms with van der Waals surface area (Å²) in [5, 5.41) is 2.93. The van der Waals surface area contributed by atoms with Crippen molar-refractivity contribution in [2.45, 2.75) is 46.5 Å². The van der Waals surface area contributed by atoms with Gasteiger partial charge in [0.2, 0.25) is 5.91 Å². The molecule has 0 radical (unpaired) electrons. The minimum atomic E-state index is -0.152. The van der Waals surface area contributed by atoms with Crippen LogP contribution in [-0.2, 0) is 17.6 Å². The second-order valence-electron chi connectivity index (χ2n) is 7.50. The first kappa shape index (κ1) is 19.6. The molecule has 2 aromatic rings. The Morgan fingerprint density at radius 2 is 2.07 bits per heavy atom. The van der Waals surface area contributed by atoms with Crippen LogP contribution in [0, 0.1) is 12.8 Å². The number of carbonyl (C=O) groups excluding carboxylic acids is 2. The summed E-state index contributed by atoms with van der Waals surface area (Å²) >= 11 is 1.61. The number of aryl methyl sites for hydroxylation is 2. The summed E-state index contributed by atoms with van der Waals surface area (Å²) in [6.07, 6.45) is 4.14. The molecule has 1 aromatic heterocycles. The first-order chi connectivity index (χ1) is 13.0. The third kappa shape index (κ3) is 4.78. The van der Waals surface area contributed by atoms with Crippen LogP contribution >= 0.6 is 11.3 Å². The third-order valence-electron chi connectivity index (χ3n) is 5.07.